The zero-order valence-electron chi connectivity index (χ0n) is 19.9. The third-order valence-electron chi connectivity index (χ3n) is 5.23. The Morgan fingerprint density at radius 3 is 2.31 bits per heavy atom. The maximum absolute atomic E-state index is 13.5. The number of carbonyl (C=O) groups is 1. The van der Waals surface area contributed by atoms with Gasteiger partial charge in [0, 0.05) is 0 Å². The monoisotopic (exact) mass is 482 g/mol. The lowest BCUT2D eigenvalue weighted by atomic mass is 10.1. The predicted octanol–water partition coefficient (Wildman–Crippen LogP) is 6.52. The molecule has 0 aliphatic carbocycles. The number of nitrogens with zero attached hydrogens (tertiary/aromatic N) is 2. The molecule has 35 heavy (non-hydrogen) atoms. The molecule has 1 fully saturated rings. The molecule has 1 heterocycles. The van der Waals surface area contributed by atoms with Crippen molar-refractivity contribution in [3.8, 4) is 23.8 Å². The predicted molar refractivity (Wildman–Crippen MR) is 144 cm³/mol. The van der Waals surface area contributed by atoms with E-state index in [-0.39, 0.29) is 12.5 Å². The minimum atomic E-state index is -0.129. The number of hydrogen-bond acceptors (Lipinski definition) is 5. The highest BCUT2D eigenvalue weighted by Crippen LogP contribution is 2.38. The van der Waals surface area contributed by atoms with Gasteiger partial charge in [-0.15, -0.1) is 6.42 Å². The van der Waals surface area contributed by atoms with E-state index in [0.717, 1.165) is 28.1 Å². The van der Waals surface area contributed by atoms with Gasteiger partial charge in [-0.3, -0.25) is 9.69 Å². The van der Waals surface area contributed by atoms with Crippen LogP contribution in [0.15, 0.2) is 76.6 Å². The second-order valence-corrected chi connectivity index (χ2v) is 8.96. The topological polar surface area (TPSA) is 51.1 Å². The summed E-state index contributed by atoms with van der Waals surface area (Å²) in [7, 11) is 0. The Morgan fingerprint density at radius 1 is 0.971 bits per heavy atom. The molecule has 3 aromatic carbocycles. The number of ether oxygens (including phenoxy) is 2. The first-order chi connectivity index (χ1) is 17.0. The summed E-state index contributed by atoms with van der Waals surface area (Å²) in [5.41, 5.74) is 4.65. The molecule has 176 valence electrons. The number of benzene rings is 3. The molecule has 0 radical (unpaired) electrons. The van der Waals surface area contributed by atoms with Crippen LogP contribution in [0.25, 0.3) is 6.08 Å². The third-order valence-corrected chi connectivity index (χ3v) is 6.20. The highest BCUT2D eigenvalue weighted by atomic mass is 32.2. The SMILES string of the molecule is C#CCOc1ccc(/C=C2\SC(=Nc3ccc(C)cc3)N(c3ccc(C)cc3)C2=O)cc1OCC. The molecular weight excluding hydrogens is 456 g/mol. The summed E-state index contributed by atoms with van der Waals surface area (Å²) in [6.45, 7) is 6.58. The fourth-order valence-electron chi connectivity index (χ4n) is 3.47. The molecule has 1 saturated heterocycles. The highest BCUT2D eigenvalue weighted by Gasteiger charge is 2.34. The number of amidine groups is 1. The highest BCUT2D eigenvalue weighted by molar-refractivity contribution is 8.19. The van der Waals surface area contributed by atoms with Gasteiger partial charge in [0.1, 0.15) is 6.61 Å². The second-order valence-electron chi connectivity index (χ2n) is 7.95. The van der Waals surface area contributed by atoms with Crippen LogP contribution in [0.3, 0.4) is 0 Å². The van der Waals surface area contributed by atoms with Crippen molar-refractivity contribution >= 4 is 40.3 Å². The van der Waals surface area contributed by atoms with Gasteiger partial charge < -0.3 is 9.47 Å². The summed E-state index contributed by atoms with van der Waals surface area (Å²) in [4.78, 5) is 20.6. The Hall–Kier alpha value is -3.95. The van der Waals surface area contributed by atoms with E-state index < -0.39 is 0 Å². The van der Waals surface area contributed by atoms with Crippen LogP contribution in [0, 0.1) is 26.2 Å². The molecule has 1 aliphatic rings. The molecule has 3 aromatic rings. The molecule has 0 atom stereocenters. The Kier molecular flexibility index (Phi) is 7.59. The largest absolute Gasteiger partial charge is 0.490 e. The molecule has 1 amide bonds. The third kappa shape index (κ3) is 5.76. The lowest BCUT2D eigenvalue weighted by molar-refractivity contribution is -0.113. The quantitative estimate of drug-likeness (QED) is 0.284. The van der Waals surface area contributed by atoms with Crippen molar-refractivity contribution in [2.24, 2.45) is 4.99 Å². The van der Waals surface area contributed by atoms with Crippen LogP contribution in [0.1, 0.15) is 23.6 Å². The van der Waals surface area contributed by atoms with Gasteiger partial charge in [0.15, 0.2) is 16.7 Å². The van der Waals surface area contributed by atoms with Crippen LogP contribution in [-0.2, 0) is 4.79 Å². The minimum absolute atomic E-state index is 0.129. The van der Waals surface area contributed by atoms with Crippen LogP contribution in [-0.4, -0.2) is 24.3 Å². The summed E-state index contributed by atoms with van der Waals surface area (Å²) in [5.74, 6) is 3.48. The lowest BCUT2D eigenvalue weighted by Gasteiger charge is -2.16. The average Bonchev–Trinajstić information content (AvgIpc) is 3.15. The second kappa shape index (κ2) is 11.0. The molecule has 1 aliphatic heterocycles. The van der Waals surface area contributed by atoms with E-state index in [1.54, 1.807) is 11.0 Å². The van der Waals surface area contributed by atoms with Gasteiger partial charge in [0.25, 0.3) is 5.91 Å². The van der Waals surface area contributed by atoms with Crippen LogP contribution in [0.4, 0.5) is 11.4 Å². The number of anilines is 1. The van der Waals surface area contributed by atoms with E-state index in [4.69, 9.17) is 20.9 Å². The van der Waals surface area contributed by atoms with Crippen LogP contribution in [0.5, 0.6) is 11.5 Å². The Balaban J connectivity index is 1.72. The summed E-state index contributed by atoms with van der Waals surface area (Å²) >= 11 is 1.35. The number of hydrogen-bond donors (Lipinski definition) is 0. The summed E-state index contributed by atoms with van der Waals surface area (Å²) in [6, 6.07) is 21.3. The van der Waals surface area contributed by atoms with Gasteiger partial charge in [-0.05, 0) is 80.6 Å². The van der Waals surface area contributed by atoms with E-state index in [1.807, 2.05) is 87.5 Å². The summed E-state index contributed by atoms with van der Waals surface area (Å²) < 4.78 is 11.3. The fraction of sp³-hybridized carbons (Fsp3) is 0.172. The smallest absolute Gasteiger partial charge is 0.271 e. The molecule has 0 unspecified atom stereocenters. The number of amides is 1. The molecule has 0 aromatic heterocycles. The first kappa shape index (κ1) is 24.2. The van der Waals surface area contributed by atoms with Crippen molar-refractivity contribution in [2.45, 2.75) is 20.8 Å². The Bertz CT molecular complexity index is 1320. The maximum Gasteiger partial charge on any atom is 0.271 e. The van der Waals surface area contributed by atoms with Crippen LogP contribution < -0.4 is 14.4 Å². The van der Waals surface area contributed by atoms with Crippen molar-refractivity contribution in [3.63, 3.8) is 0 Å². The van der Waals surface area contributed by atoms with E-state index in [2.05, 4.69) is 5.92 Å². The van der Waals surface area contributed by atoms with Gasteiger partial charge in [0.05, 0.1) is 22.9 Å². The molecule has 5 nitrogen and oxygen atoms in total. The zero-order chi connectivity index (χ0) is 24.8. The molecule has 0 saturated carbocycles. The maximum atomic E-state index is 13.5. The first-order valence-corrected chi connectivity index (χ1v) is 12.1. The first-order valence-electron chi connectivity index (χ1n) is 11.3. The Labute approximate surface area is 210 Å². The minimum Gasteiger partial charge on any atom is -0.490 e. The van der Waals surface area contributed by atoms with Crippen molar-refractivity contribution in [3.05, 3.63) is 88.3 Å². The van der Waals surface area contributed by atoms with Crippen LogP contribution >= 0.6 is 11.8 Å². The molecule has 6 heteroatoms. The van der Waals surface area contributed by atoms with Gasteiger partial charge in [0.2, 0.25) is 0 Å². The number of thioether (sulfide) groups is 1. The van der Waals surface area contributed by atoms with E-state index in [9.17, 15) is 4.79 Å². The molecule has 0 spiro atoms. The van der Waals surface area contributed by atoms with Gasteiger partial charge in [-0.1, -0.05) is 47.4 Å². The van der Waals surface area contributed by atoms with Crippen molar-refractivity contribution in [2.75, 3.05) is 18.1 Å². The number of rotatable bonds is 7. The normalized spacial score (nSPS) is 15.5. The summed E-state index contributed by atoms with van der Waals surface area (Å²) in [6.07, 6.45) is 7.16. The van der Waals surface area contributed by atoms with E-state index in [0.29, 0.717) is 28.2 Å². The molecule has 0 N–H and O–H groups in total. The van der Waals surface area contributed by atoms with Gasteiger partial charge in [-0.25, -0.2) is 4.99 Å². The van der Waals surface area contributed by atoms with Crippen molar-refractivity contribution in [1.82, 2.24) is 0 Å². The fourth-order valence-corrected chi connectivity index (χ4v) is 4.47. The molecular formula is C29H26N2O3S. The number of aryl methyl sites for hydroxylation is 2. The van der Waals surface area contributed by atoms with Crippen molar-refractivity contribution < 1.29 is 14.3 Å². The average molecular weight is 483 g/mol. The zero-order valence-corrected chi connectivity index (χ0v) is 20.8. The lowest BCUT2D eigenvalue weighted by Crippen LogP contribution is -2.28. The number of carbonyl (C=O) groups excluding carboxylic acids is 1. The summed E-state index contributed by atoms with van der Waals surface area (Å²) in [5, 5.41) is 0.605. The van der Waals surface area contributed by atoms with E-state index in [1.165, 1.54) is 11.8 Å². The van der Waals surface area contributed by atoms with E-state index >= 15 is 0 Å². The molecule has 4 rings (SSSR count). The number of aliphatic imine (C=N–C) groups is 1. The van der Waals surface area contributed by atoms with Gasteiger partial charge in [-0.2, -0.15) is 0 Å². The number of terminal acetylenes is 1. The van der Waals surface area contributed by atoms with Gasteiger partial charge >= 0.3 is 0 Å². The van der Waals surface area contributed by atoms with Crippen LogP contribution in [0.2, 0.25) is 0 Å². The van der Waals surface area contributed by atoms with Crippen molar-refractivity contribution in [1.29, 1.82) is 0 Å². The standard InChI is InChI=1S/C29H26N2O3S/c1-5-17-34-25-16-11-22(18-26(25)33-6-2)19-27-28(32)31(24-14-9-21(4)10-15-24)29(35-27)30-23-12-7-20(3)8-13-23/h1,7-16,18-19H,6,17H2,2-4H3/b27-19-,30-29?. The Morgan fingerprint density at radius 2 is 1.66 bits per heavy atom. The molecule has 0 bridgehead atoms.